The molecule has 20 heavy (non-hydrogen) atoms. The lowest BCUT2D eigenvalue weighted by Crippen LogP contribution is -2.47. The second kappa shape index (κ2) is 6.49. The maximum Gasteiger partial charge on any atom is 0.320 e. The first-order valence-corrected chi connectivity index (χ1v) is 5.19. The van der Waals surface area contributed by atoms with E-state index in [4.69, 9.17) is 15.6 Å². The molecule has 0 radical (unpaired) electrons. The van der Waals surface area contributed by atoms with Gasteiger partial charge in [0.25, 0.3) is 0 Å². The average molecular weight is 314 g/mol. The Balaban J connectivity index is 0.00000180. The SMILES string of the molecule is C.C=C1N=C(N)C=CN1C1OC(CO)C(O)C1(F)F.Cl. The number of ether oxygens (including phenoxy) is 1. The van der Waals surface area contributed by atoms with Crippen molar-refractivity contribution in [3.8, 4) is 0 Å². The Hall–Kier alpha value is -1.22. The van der Waals surface area contributed by atoms with Gasteiger partial charge in [0.15, 0.2) is 6.10 Å². The van der Waals surface area contributed by atoms with E-state index in [0.29, 0.717) is 0 Å². The van der Waals surface area contributed by atoms with Crippen molar-refractivity contribution < 1.29 is 23.7 Å². The Morgan fingerprint density at radius 3 is 2.60 bits per heavy atom. The monoisotopic (exact) mass is 313 g/mol. The molecule has 6 nitrogen and oxygen atoms in total. The summed E-state index contributed by atoms with van der Waals surface area (Å²) in [6, 6.07) is 0. The lowest BCUT2D eigenvalue weighted by Gasteiger charge is -2.31. The highest BCUT2D eigenvalue weighted by atomic mass is 35.5. The molecule has 2 aliphatic heterocycles. The third-order valence-corrected chi connectivity index (χ3v) is 2.77. The summed E-state index contributed by atoms with van der Waals surface area (Å²) in [4.78, 5) is 4.70. The molecule has 0 aromatic carbocycles. The minimum absolute atomic E-state index is 0. The zero-order valence-corrected chi connectivity index (χ0v) is 10.6. The van der Waals surface area contributed by atoms with Crippen molar-refractivity contribution >= 4 is 18.2 Å². The zero-order valence-electron chi connectivity index (χ0n) is 9.74. The van der Waals surface area contributed by atoms with Gasteiger partial charge in [-0.3, -0.25) is 0 Å². The molecule has 0 saturated carbocycles. The number of hydrogen-bond donors (Lipinski definition) is 3. The molecule has 3 atom stereocenters. The van der Waals surface area contributed by atoms with Crippen molar-refractivity contribution in [2.75, 3.05) is 6.61 Å². The van der Waals surface area contributed by atoms with Crippen LogP contribution in [-0.2, 0) is 4.74 Å². The van der Waals surface area contributed by atoms with Crippen LogP contribution in [0.3, 0.4) is 0 Å². The third-order valence-electron chi connectivity index (χ3n) is 2.77. The standard InChI is InChI=1S/C10H13F2N3O3.CH4.ClH/c1-5-14-7(13)2-3-15(5)9-10(11,12)8(17)6(4-16)18-9;;/h2-3,6,8-9,16-17H,1,4H2,(H2,13,14);1H4;1H. The summed E-state index contributed by atoms with van der Waals surface area (Å²) in [5, 5.41) is 18.2. The fraction of sp³-hybridized carbons (Fsp3) is 0.545. The van der Waals surface area contributed by atoms with E-state index in [1.54, 1.807) is 0 Å². The first kappa shape index (κ1) is 18.8. The third kappa shape index (κ3) is 2.93. The average Bonchev–Trinajstić information content (AvgIpc) is 2.52. The molecule has 1 saturated heterocycles. The van der Waals surface area contributed by atoms with E-state index in [1.807, 2.05) is 0 Å². The Morgan fingerprint density at radius 2 is 2.15 bits per heavy atom. The highest BCUT2D eigenvalue weighted by Gasteiger charge is 2.60. The molecular weight excluding hydrogens is 296 g/mol. The Bertz CT molecular complexity index is 431. The van der Waals surface area contributed by atoms with Gasteiger partial charge in [-0.2, -0.15) is 8.78 Å². The molecule has 0 spiro atoms. The summed E-state index contributed by atoms with van der Waals surface area (Å²) in [7, 11) is 0. The number of rotatable bonds is 2. The van der Waals surface area contributed by atoms with Gasteiger partial charge in [0, 0.05) is 6.20 Å². The number of aliphatic hydroxyl groups excluding tert-OH is 2. The molecule has 2 aliphatic rings. The van der Waals surface area contributed by atoms with Crippen LogP contribution in [0.4, 0.5) is 8.78 Å². The summed E-state index contributed by atoms with van der Waals surface area (Å²) in [6.07, 6.45) is -2.65. The van der Waals surface area contributed by atoms with Crippen LogP contribution in [0, 0.1) is 0 Å². The molecule has 4 N–H and O–H groups in total. The summed E-state index contributed by atoms with van der Waals surface area (Å²) >= 11 is 0. The Kier molecular flexibility index (Phi) is 6.09. The largest absolute Gasteiger partial charge is 0.394 e. The summed E-state index contributed by atoms with van der Waals surface area (Å²) in [6.45, 7) is 2.78. The molecule has 0 aliphatic carbocycles. The number of hydrogen-bond acceptors (Lipinski definition) is 6. The predicted molar refractivity (Wildman–Crippen MR) is 72.4 cm³/mol. The highest BCUT2D eigenvalue weighted by molar-refractivity contribution is 5.92. The molecule has 0 aromatic heterocycles. The van der Waals surface area contributed by atoms with Crippen molar-refractivity contribution in [2.24, 2.45) is 10.7 Å². The van der Waals surface area contributed by atoms with Gasteiger partial charge in [0.05, 0.1) is 6.61 Å². The van der Waals surface area contributed by atoms with Crippen LogP contribution in [0.5, 0.6) is 0 Å². The predicted octanol–water partition coefficient (Wildman–Crippen LogP) is 0.415. The topological polar surface area (TPSA) is 91.3 Å². The minimum atomic E-state index is -3.55. The number of aliphatic hydroxyl groups is 2. The summed E-state index contributed by atoms with van der Waals surface area (Å²) in [5.41, 5.74) is 5.39. The van der Waals surface area contributed by atoms with Crippen LogP contribution in [0.1, 0.15) is 7.43 Å². The van der Waals surface area contributed by atoms with Gasteiger partial charge < -0.3 is 25.6 Å². The molecule has 0 bridgehead atoms. The fourth-order valence-corrected chi connectivity index (χ4v) is 1.82. The maximum atomic E-state index is 13.8. The highest BCUT2D eigenvalue weighted by Crippen LogP contribution is 2.39. The minimum Gasteiger partial charge on any atom is -0.394 e. The van der Waals surface area contributed by atoms with Crippen LogP contribution in [0.2, 0.25) is 0 Å². The van der Waals surface area contributed by atoms with E-state index in [0.717, 1.165) is 4.90 Å². The first-order valence-electron chi connectivity index (χ1n) is 5.19. The number of amidine groups is 1. The molecule has 2 rings (SSSR count). The number of alkyl halides is 2. The van der Waals surface area contributed by atoms with E-state index in [1.165, 1.54) is 12.3 Å². The molecule has 9 heteroatoms. The first-order chi connectivity index (χ1) is 8.37. The second-order valence-corrected chi connectivity index (χ2v) is 4.00. The van der Waals surface area contributed by atoms with Gasteiger partial charge in [-0.25, -0.2) is 4.99 Å². The molecule has 0 aromatic rings. The zero-order chi connectivity index (χ0) is 13.5. The van der Waals surface area contributed by atoms with Crippen LogP contribution in [-0.4, -0.2) is 51.9 Å². The molecule has 2 heterocycles. The van der Waals surface area contributed by atoms with Crippen molar-refractivity contribution in [3.05, 3.63) is 24.7 Å². The number of nitrogens with two attached hydrogens (primary N) is 1. The molecule has 116 valence electrons. The van der Waals surface area contributed by atoms with Gasteiger partial charge in [-0.05, 0) is 6.08 Å². The van der Waals surface area contributed by atoms with Crippen molar-refractivity contribution in [1.82, 2.24) is 4.90 Å². The van der Waals surface area contributed by atoms with Gasteiger partial charge in [0.2, 0.25) is 6.23 Å². The Morgan fingerprint density at radius 1 is 1.55 bits per heavy atom. The van der Waals surface area contributed by atoms with E-state index in [-0.39, 0.29) is 31.5 Å². The van der Waals surface area contributed by atoms with Crippen LogP contribution in [0.15, 0.2) is 29.7 Å². The van der Waals surface area contributed by atoms with Gasteiger partial charge >= 0.3 is 5.92 Å². The molecule has 0 amide bonds. The number of halogens is 3. The van der Waals surface area contributed by atoms with Crippen LogP contribution < -0.4 is 5.73 Å². The summed E-state index contributed by atoms with van der Waals surface area (Å²) < 4.78 is 32.6. The Labute approximate surface area is 121 Å². The summed E-state index contributed by atoms with van der Waals surface area (Å²) in [5.74, 6) is -3.44. The normalized spacial score (nSPS) is 31.4. The van der Waals surface area contributed by atoms with Gasteiger partial charge in [-0.15, -0.1) is 12.4 Å². The van der Waals surface area contributed by atoms with Crippen molar-refractivity contribution in [2.45, 2.75) is 31.8 Å². The van der Waals surface area contributed by atoms with E-state index >= 15 is 0 Å². The van der Waals surface area contributed by atoms with E-state index in [2.05, 4.69) is 11.6 Å². The molecule has 3 unspecified atom stereocenters. The second-order valence-electron chi connectivity index (χ2n) is 4.00. The smallest absolute Gasteiger partial charge is 0.320 e. The van der Waals surface area contributed by atoms with Crippen LogP contribution >= 0.6 is 12.4 Å². The molecule has 1 fully saturated rings. The number of nitrogens with zero attached hydrogens (tertiary/aromatic N) is 2. The lowest BCUT2D eigenvalue weighted by atomic mass is 10.1. The quantitative estimate of drug-likeness (QED) is 0.687. The van der Waals surface area contributed by atoms with Gasteiger partial charge in [0.1, 0.15) is 17.8 Å². The van der Waals surface area contributed by atoms with Crippen molar-refractivity contribution in [3.63, 3.8) is 0 Å². The number of aliphatic imine (C=N–C) groups is 1. The van der Waals surface area contributed by atoms with Gasteiger partial charge in [-0.1, -0.05) is 14.0 Å². The van der Waals surface area contributed by atoms with E-state index < -0.39 is 31.0 Å². The van der Waals surface area contributed by atoms with Crippen molar-refractivity contribution in [1.29, 1.82) is 0 Å². The van der Waals surface area contributed by atoms with Crippen LogP contribution in [0.25, 0.3) is 0 Å². The lowest BCUT2D eigenvalue weighted by molar-refractivity contribution is -0.148. The molecular formula is C11H18ClF2N3O3. The maximum absolute atomic E-state index is 13.8. The fourth-order valence-electron chi connectivity index (χ4n) is 1.82. The van der Waals surface area contributed by atoms with E-state index in [9.17, 15) is 13.9 Å².